The maximum Gasteiger partial charge on any atom is 0.164 e. The molecule has 2 nitrogen and oxygen atoms in total. The molecule has 108 valence electrons. The van der Waals surface area contributed by atoms with Crippen molar-refractivity contribution in [3.8, 4) is 0 Å². The van der Waals surface area contributed by atoms with E-state index in [1.54, 1.807) is 25.1 Å². The van der Waals surface area contributed by atoms with E-state index in [9.17, 15) is 8.78 Å². The first-order valence-electron chi connectivity index (χ1n) is 6.78. The highest BCUT2D eigenvalue weighted by atomic mass is 19.2. The van der Waals surface area contributed by atoms with Crippen molar-refractivity contribution in [2.45, 2.75) is 33.2 Å². The maximum atomic E-state index is 14.2. The maximum absolute atomic E-state index is 14.2. The molecule has 2 aromatic rings. The van der Waals surface area contributed by atoms with E-state index in [1.165, 1.54) is 0 Å². The summed E-state index contributed by atoms with van der Waals surface area (Å²) in [6.45, 7) is 6.09. The Morgan fingerprint density at radius 1 is 1.10 bits per heavy atom. The predicted octanol–water partition coefficient (Wildman–Crippen LogP) is 4.26. The fraction of sp³-hybridized carbons (Fsp3) is 0.375. The van der Waals surface area contributed by atoms with Crippen molar-refractivity contribution in [2.75, 3.05) is 6.54 Å². The van der Waals surface area contributed by atoms with E-state index in [2.05, 4.69) is 5.32 Å². The first-order chi connectivity index (χ1) is 9.54. The summed E-state index contributed by atoms with van der Waals surface area (Å²) < 4.78 is 33.5. The second-order valence-corrected chi connectivity index (χ2v) is 4.94. The molecule has 1 aromatic heterocycles. The Morgan fingerprint density at radius 3 is 2.45 bits per heavy atom. The fourth-order valence-corrected chi connectivity index (χ4v) is 2.14. The summed E-state index contributed by atoms with van der Waals surface area (Å²) in [7, 11) is 0. The van der Waals surface area contributed by atoms with Gasteiger partial charge in [0.1, 0.15) is 11.5 Å². The summed E-state index contributed by atoms with van der Waals surface area (Å²) in [6.07, 6.45) is 0.895. The number of rotatable bonds is 5. The second kappa shape index (κ2) is 6.18. The summed E-state index contributed by atoms with van der Waals surface area (Å²) in [4.78, 5) is 0. The zero-order valence-corrected chi connectivity index (χ0v) is 12.0. The smallest absolute Gasteiger partial charge is 0.164 e. The van der Waals surface area contributed by atoms with Gasteiger partial charge >= 0.3 is 0 Å². The lowest BCUT2D eigenvalue weighted by Crippen LogP contribution is -2.24. The van der Waals surface area contributed by atoms with E-state index in [0.717, 1.165) is 12.2 Å². The number of halogens is 2. The van der Waals surface area contributed by atoms with E-state index in [-0.39, 0.29) is 5.56 Å². The molecule has 0 saturated heterocycles. The molecule has 1 heterocycles. The van der Waals surface area contributed by atoms with E-state index in [1.807, 2.05) is 19.9 Å². The van der Waals surface area contributed by atoms with Crippen LogP contribution >= 0.6 is 0 Å². The van der Waals surface area contributed by atoms with Gasteiger partial charge in [0.15, 0.2) is 11.6 Å². The average Bonchev–Trinajstić information content (AvgIpc) is 2.85. The molecule has 4 heteroatoms. The molecular formula is C16H19F2NO. The Morgan fingerprint density at radius 2 is 1.85 bits per heavy atom. The van der Waals surface area contributed by atoms with Gasteiger partial charge in [-0.05, 0) is 44.5 Å². The summed E-state index contributed by atoms with van der Waals surface area (Å²) in [5.41, 5.74) is 0.576. The third-order valence-electron chi connectivity index (χ3n) is 3.26. The van der Waals surface area contributed by atoms with Crippen LogP contribution in [0.1, 0.15) is 42.0 Å². The van der Waals surface area contributed by atoms with E-state index < -0.39 is 17.7 Å². The highest BCUT2D eigenvalue weighted by Gasteiger charge is 2.23. The highest BCUT2D eigenvalue weighted by molar-refractivity contribution is 5.32. The van der Waals surface area contributed by atoms with Crippen molar-refractivity contribution in [3.63, 3.8) is 0 Å². The van der Waals surface area contributed by atoms with Gasteiger partial charge < -0.3 is 9.73 Å². The zero-order chi connectivity index (χ0) is 14.7. The first-order valence-corrected chi connectivity index (χ1v) is 6.78. The molecule has 0 fully saturated rings. The lowest BCUT2D eigenvalue weighted by Gasteiger charge is -2.18. The van der Waals surface area contributed by atoms with Crippen LogP contribution in [0, 0.1) is 25.5 Å². The van der Waals surface area contributed by atoms with E-state index in [0.29, 0.717) is 17.9 Å². The van der Waals surface area contributed by atoms with Crippen LogP contribution in [0.15, 0.2) is 28.7 Å². The van der Waals surface area contributed by atoms with Crippen LogP contribution < -0.4 is 5.32 Å². The van der Waals surface area contributed by atoms with Crippen molar-refractivity contribution in [2.24, 2.45) is 0 Å². The van der Waals surface area contributed by atoms with Gasteiger partial charge in [-0.25, -0.2) is 8.78 Å². The zero-order valence-electron chi connectivity index (χ0n) is 12.0. The second-order valence-electron chi connectivity index (χ2n) is 4.94. The minimum atomic E-state index is -0.812. The minimum Gasteiger partial charge on any atom is -0.464 e. The minimum absolute atomic E-state index is 0.274. The van der Waals surface area contributed by atoms with Gasteiger partial charge in [0, 0.05) is 5.56 Å². The quantitative estimate of drug-likeness (QED) is 0.884. The standard InChI is InChI=1S/C16H19F2NO/c1-4-9-19-16(13-8-6-11(3)20-13)12-7-5-10(2)14(17)15(12)18/h5-8,16,19H,4,9H2,1-3H3. The highest BCUT2D eigenvalue weighted by Crippen LogP contribution is 2.28. The molecule has 1 atom stereocenters. The van der Waals surface area contributed by atoms with Crippen molar-refractivity contribution < 1.29 is 13.2 Å². The molecule has 1 N–H and O–H groups in total. The molecule has 0 aliphatic carbocycles. The molecule has 20 heavy (non-hydrogen) atoms. The predicted molar refractivity (Wildman–Crippen MR) is 74.7 cm³/mol. The Kier molecular flexibility index (Phi) is 4.55. The molecule has 0 saturated carbocycles. The van der Waals surface area contributed by atoms with Crippen LogP contribution in [0.4, 0.5) is 8.78 Å². The van der Waals surface area contributed by atoms with Gasteiger partial charge in [-0.2, -0.15) is 0 Å². The van der Waals surface area contributed by atoms with Crippen LogP contribution in [0.5, 0.6) is 0 Å². The molecule has 1 unspecified atom stereocenters. The molecular weight excluding hydrogens is 260 g/mol. The van der Waals surface area contributed by atoms with Crippen molar-refractivity contribution >= 4 is 0 Å². The SMILES string of the molecule is CCCNC(c1ccc(C)o1)c1ccc(C)c(F)c1F. The van der Waals surface area contributed by atoms with Crippen LogP contribution in [0.25, 0.3) is 0 Å². The van der Waals surface area contributed by atoms with Gasteiger partial charge in [-0.15, -0.1) is 0 Å². The third kappa shape index (κ3) is 2.90. The Balaban J connectivity index is 2.43. The normalized spacial score (nSPS) is 12.7. The van der Waals surface area contributed by atoms with Gasteiger partial charge in [-0.1, -0.05) is 19.1 Å². The van der Waals surface area contributed by atoms with Crippen molar-refractivity contribution in [1.82, 2.24) is 5.32 Å². The summed E-state index contributed by atoms with van der Waals surface area (Å²) in [5.74, 6) is -0.267. The molecule has 2 rings (SSSR count). The van der Waals surface area contributed by atoms with Gasteiger partial charge in [0.05, 0.1) is 6.04 Å². The Hall–Kier alpha value is -1.68. The lowest BCUT2D eigenvalue weighted by molar-refractivity contribution is 0.413. The van der Waals surface area contributed by atoms with Crippen molar-refractivity contribution in [3.05, 3.63) is 58.5 Å². The third-order valence-corrected chi connectivity index (χ3v) is 3.26. The van der Waals surface area contributed by atoms with Crippen LogP contribution in [0.3, 0.4) is 0 Å². The summed E-state index contributed by atoms with van der Waals surface area (Å²) >= 11 is 0. The van der Waals surface area contributed by atoms with E-state index >= 15 is 0 Å². The number of aryl methyl sites for hydroxylation is 2. The molecule has 0 bridgehead atoms. The number of benzene rings is 1. The van der Waals surface area contributed by atoms with Gasteiger partial charge in [0.2, 0.25) is 0 Å². The number of furan rings is 1. The fourth-order valence-electron chi connectivity index (χ4n) is 2.14. The number of nitrogens with one attached hydrogen (secondary N) is 1. The van der Waals surface area contributed by atoms with E-state index in [4.69, 9.17) is 4.42 Å². The lowest BCUT2D eigenvalue weighted by atomic mass is 10.0. The molecule has 0 aliphatic heterocycles. The Labute approximate surface area is 117 Å². The molecule has 1 aromatic carbocycles. The molecule has 0 aliphatic rings. The first kappa shape index (κ1) is 14.7. The Bertz CT molecular complexity index is 592. The molecule has 0 spiro atoms. The summed E-state index contributed by atoms with van der Waals surface area (Å²) in [5, 5.41) is 3.20. The molecule has 0 amide bonds. The monoisotopic (exact) mass is 279 g/mol. The topological polar surface area (TPSA) is 25.2 Å². The van der Waals surface area contributed by atoms with Crippen LogP contribution in [-0.4, -0.2) is 6.54 Å². The van der Waals surface area contributed by atoms with Gasteiger partial charge in [0.25, 0.3) is 0 Å². The van der Waals surface area contributed by atoms with Crippen LogP contribution in [-0.2, 0) is 0 Å². The summed E-state index contributed by atoms with van der Waals surface area (Å²) in [6, 6.07) is 6.33. The largest absolute Gasteiger partial charge is 0.464 e. The average molecular weight is 279 g/mol. The number of hydrogen-bond acceptors (Lipinski definition) is 2. The molecule has 0 radical (unpaired) electrons. The van der Waals surface area contributed by atoms with Crippen molar-refractivity contribution in [1.29, 1.82) is 0 Å². The van der Waals surface area contributed by atoms with Crippen LogP contribution in [0.2, 0.25) is 0 Å². The van der Waals surface area contributed by atoms with Gasteiger partial charge in [-0.3, -0.25) is 0 Å². The number of hydrogen-bond donors (Lipinski definition) is 1.